The van der Waals surface area contributed by atoms with Crippen LogP contribution in [-0.2, 0) is 14.3 Å². The minimum atomic E-state index is -0.382. The largest absolute Gasteiger partial charge is 0.378 e. The van der Waals surface area contributed by atoms with Gasteiger partial charge in [-0.25, -0.2) is 0 Å². The summed E-state index contributed by atoms with van der Waals surface area (Å²) in [6.07, 6.45) is 0. The van der Waals surface area contributed by atoms with Crippen LogP contribution in [-0.4, -0.2) is 54.3 Å². The highest BCUT2D eigenvalue weighted by atomic mass is 32.2. The number of hydrogen-bond donors (Lipinski definition) is 2. The molecular formula is C16H23N3O3S. The van der Waals surface area contributed by atoms with Gasteiger partial charge in [0.1, 0.15) is 0 Å². The molecule has 0 saturated carbocycles. The van der Waals surface area contributed by atoms with E-state index in [1.165, 1.54) is 11.8 Å². The SMILES string of the molecule is C[C@H]1COC[C@H](C)N1CC(=O)Nc1ccccc1SCC(N)=O. The Balaban J connectivity index is 1.98. The van der Waals surface area contributed by atoms with Gasteiger partial charge in [-0.05, 0) is 26.0 Å². The van der Waals surface area contributed by atoms with Gasteiger partial charge in [0.25, 0.3) is 0 Å². The Morgan fingerprint density at radius 2 is 1.96 bits per heavy atom. The highest BCUT2D eigenvalue weighted by molar-refractivity contribution is 8.00. The lowest BCUT2D eigenvalue weighted by molar-refractivity contribution is -0.121. The van der Waals surface area contributed by atoms with Gasteiger partial charge >= 0.3 is 0 Å². The fraction of sp³-hybridized carbons (Fsp3) is 0.500. The van der Waals surface area contributed by atoms with Gasteiger partial charge in [0, 0.05) is 17.0 Å². The molecule has 126 valence electrons. The van der Waals surface area contributed by atoms with Crippen LogP contribution in [0.5, 0.6) is 0 Å². The number of benzene rings is 1. The maximum atomic E-state index is 12.4. The van der Waals surface area contributed by atoms with Crippen molar-refractivity contribution in [1.82, 2.24) is 4.90 Å². The van der Waals surface area contributed by atoms with Gasteiger partial charge in [-0.15, -0.1) is 11.8 Å². The molecule has 2 rings (SSSR count). The minimum absolute atomic E-state index is 0.0716. The number of primary amides is 1. The number of rotatable bonds is 6. The molecule has 2 atom stereocenters. The molecular weight excluding hydrogens is 314 g/mol. The summed E-state index contributed by atoms with van der Waals surface area (Å²) in [5, 5.41) is 2.93. The number of carbonyl (C=O) groups is 2. The van der Waals surface area contributed by atoms with Crippen molar-refractivity contribution >= 4 is 29.3 Å². The first-order chi connectivity index (χ1) is 11.0. The third-order valence-corrected chi connectivity index (χ3v) is 4.80. The average molecular weight is 337 g/mol. The van der Waals surface area contributed by atoms with Crippen molar-refractivity contribution in [3.8, 4) is 0 Å². The number of hydrogen-bond acceptors (Lipinski definition) is 5. The average Bonchev–Trinajstić information content (AvgIpc) is 2.50. The highest BCUT2D eigenvalue weighted by Gasteiger charge is 2.27. The molecule has 1 fully saturated rings. The van der Waals surface area contributed by atoms with Crippen LogP contribution >= 0.6 is 11.8 Å². The summed E-state index contributed by atoms with van der Waals surface area (Å²) in [5.74, 6) is -0.269. The van der Waals surface area contributed by atoms with E-state index in [-0.39, 0.29) is 29.7 Å². The molecule has 1 saturated heterocycles. The van der Waals surface area contributed by atoms with Crippen molar-refractivity contribution in [2.45, 2.75) is 30.8 Å². The Hall–Kier alpha value is -1.57. The van der Waals surface area contributed by atoms with E-state index in [0.29, 0.717) is 25.4 Å². The topological polar surface area (TPSA) is 84.7 Å². The Bertz CT molecular complexity index is 557. The van der Waals surface area contributed by atoms with Crippen molar-refractivity contribution < 1.29 is 14.3 Å². The van der Waals surface area contributed by atoms with Crippen LogP contribution in [0.3, 0.4) is 0 Å². The lowest BCUT2D eigenvalue weighted by atomic mass is 10.1. The van der Waals surface area contributed by atoms with Gasteiger partial charge in [0.15, 0.2) is 0 Å². The fourth-order valence-corrected chi connectivity index (χ4v) is 3.29. The monoisotopic (exact) mass is 337 g/mol. The predicted octanol–water partition coefficient (Wildman–Crippen LogP) is 1.31. The molecule has 2 amide bonds. The Morgan fingerprint density at radius 3 is 2.61 bits per heavy atom. The molecule has 0 aromatic heterocycles. The van der Waals surface area contributed by atoms with Gasteiger partial charge in [-0.2, -0.15) is 0 Å². The summed E-state index contributed by atoms with van der Waals surface area (Å²) in [7, 11) is 0. The van der Waals surface area contributed by atoms with E-state index in [9.17, 15) is 9.59 Å². The molecule has 1 aromatic carbocycles. The van der Waals surface area contributed by atoms with Crippen molar-refractivity contribution in [3.63, 3.8) is 0 Å². The number of ether oxygens (including phenoxy) is 1. The van der Waals surface area contributed by atoms with Crippen LogP contribution in [0.25, 0.3) is 0 Å². The van der Waals surface area contributed by atoms with Crippen LogP contribution in [0.4, 0.5) is 5.69 Å². The Kier molecular flexibility index (Phi) is 6.44. The second-order valence-corrected chi connectivity index (χ2v) is 6.72. The van der Waals surface area contributed by atoms with Crippen LogP contribution in [0.15, 0.2) is 29.2 Å². The zero-order chi connectivity index (χ0) is 16.8. The minimum Gasteiger partial charge on any atom is -0.378 e. The lowest BCUT2D eigenvalue weighted by Gasteiger charge is -2.38. The highest BCUT2D eigenvalue weighted by Crippen LogP contribution is 2.26. The fourth-order valence-electron chi connectivity index (χ4n) is 2.55. The number of amides is 2. The Morgan fingerprint density at radius 1 is 1.30 bits per heavy atom. The maximum absolute atomic E-state index is 12.4. The molecule has 0 bridgehead atoms. The van der Waals surface area contributed by atoms with Gasteiger partial charge in [0.2, 0.25) is 11.8 Å². The van der Waals surface area contributed by atoms with E-state index in [1.54, 1.807) is 0 Å². The summed E-state index contributed by atoms with van der Waals surface area (Å²) < 4.78 is 5.48. The van der Waals surface area contributed by atoms with Crippen molar-refractivity contribution in [2.75, 3.05) is 30.8 Å². The molecule has 6 nitrogen and oxygen atoms in total. The summed E-state index contributed by atoms with van der Waals surface area (Å²) in [5.41, 5.74) is 5.89. The van der Waals surface area contributed by atoms with Crippen LogP contribution in [0.1, 0.15) is 13.8 Å². The normalized spacial score (nSPS) is 21.8. The molecule has 0 radical (unpaired) electrons. The molecule has 0 unspecified atom stereocenters. The van der Waals surface area contributed by atoms with Crippen molar-refractivity contribution in [1.29, 1.82) is 0 Å². The molecule has 7 heteroatoms. The lowest BCUT2D eigenvalue weighted by Crippen LogP contribution is -2.52. The molecule has 23 heavy (non-hydrogen) atoms. The Labute approximate surface area is 140 Å². The molecule has 3 N–H and O–H groups in total. The molecule has 0 spiro atoms. The smallest absolute Gasteiger partial charge is 0.238 e. The zero-order valence-corrected chi connectivity index (χ0v) is 14.3. The maximum Gasteiger partial charge on any atom is 0.238 e. The first-order valence-electron chi connectivity index (χ1n) is 7.61. The predicted molar refractivity (Wildman–Crippen MR) is 91.4 cm³/mol. The third-order valence-electron chi connectivity index (χ3n) is 3.71. The van der Waals surface area contributed by atoms with Crippen molar-refractivity contribution in [3.05, 3.63) is 24.3 Å². The number of anilines is 1. The van der Waals surface area contributed by atoms with E-state index in [1.807, 2.05) is 24.3 Å². The summed E-state index contributed by atoms with van der Waals surface area (Å²) >= 11 is 1.32. The van der Waals surface area contributed by atoms with E-state index >= 15 is 0 Å². The zero-order valence-electron chi connectivity index (χ0n) is 13.5. The van der Waals surface area contributed by atoms with Crippen LogP contribution in [0, 0.1) is 0 Å². The quantitative estimate of drug-likeness (QED) is 0.765. The first-order valence-corrected chi connectivity index (χ1v) is 8.59. The number of nitrogens with zero attached hydrogens (tertiary/aromatic N) is 1. The van der Waals surface area contributed by atoms with Gasteiger partial charge in [-0.1, -0.05) is 12.1 Å². The molecule has 1 aliphatic rings. The molecule has 1 aliphatic heterocycles. The summed E-state index contributed by atoms with van der Waals surface area (Å²) in [6.45, 7) is 5.71. The number of nitrogens with two attached hydrogens (primary N) is 1. The third kappa shape index (κ3) is 5.23. The number of carbonyl (C=O) groups excluding carboxylic acids is 2. The second kappa shape index (κ2) is 8.33. The van der Waals surface area contributed by atoms with Crippen LogP contribution in [0.2, 0.25) is 0 Å². The second-order valence-electron chi connectivity index (χ2n) is 5.71. The summed E-state index contributed by atoms with van der Waals surface area (Å²) in [6, 6.07) is 7.83. The standard InChI is InChI=1S/C16H23N3O3S/c1-11-8-22-9-12(2)19(11)7-16(21)18-13-5-3-4-6-14(13)23-10-15(17)20/h3-6,11-12H,7-10H2,1-2H3,(H2,17,20)(H,18,21)/t11-,12-/m0/s1. The van der Waals surface area contributed by atoms with E-state index in [4.69, 9.17) is 10.5 Å². The summed E-state index contributed by atoms with van der Waals surface area (Å²) in [4.78, 5) is 26.3. The van der Waals surface area contributed by atoms with Gasteiger partial charge in [-0.3, -0.25) is 14.5 Å². The van der Waals surface area contributed by atoms with E-state index < -0.39 is 0 Å². The van der Waals surface area contributed by atoms with Crippen LogP contribution < -0.4 is 11.1 Å². The van der Waals surface area contributed by atoms with E-state index in [0.717, 1.165) is 4.90 Å². The number of nitrogens with one attached hydrogen (secondary N) is 1. The number of para-hydroxylation sites is 1. The number of morpholine rings is 1. The van der Waals surface area contributed by atoms with E-state index in [2.05, 4.69) is 24.1 Å². The van der Waals surface area contributed by atoms with Gasteiger partial charge < -0.3 is 15.8 Å². The van der Waals surface area contributed by atoms with Gasteiger partial charge in [0.05, 0.1) is 31.2 Å². The van der Waals surface area contributed by atoms with Crippen molar-refractivity contribution in [2.24, 2.45) is 5.73 Å². The number of thioether (sulfide) groups is 1. The first kappa shape index (κ1) is 17.8. The molecule has 0 aliphatic carbocycles. The molecule has 1 aromatic rings. The molecule has 1 heterocycles.